The van der Waals surface area contributed by atoms with E-state index in [1.165, 1.54) is 11.3 Å². The van der Waals surface area contributed by atoms with Crippen molar-refractivity contribution in [1.82, 2.24) is 0 Å². The van der Waals surface area contributed by atoms with Crippen LogP contribution in [0, 0.1) is 0 Å². The van der Waals surface area contributed by atoms with Gasteiger partial charge in [-0.3, -0.25) is 4.79 Å². The first-order valence-corrected chi connectivity index (χ1v) is 8.29. The molecule has 0 fully saturated rings. The van der Waals surface area contributed by atoms with E-state index in [0.29, 0.717) is 21.2 Å². The average molecular weight is 358 g/mol. The predicted molar refractivity (Wildman–Crippen MR) is 96.1 cm³/mol. The van der Waals surface area contributed by atoms with Crippen molar-refractivity contribution < 1.29 is 14.7 Å². The molecular weight excluding hydrogens is 346 g/mol. The summed E-state index contributed by atoms with van der Waals surface area (Å²) in [6, 6.07) is 15.5. The normalized spacial score (nSPS) is 10.4. The number of anilines is 1. The van der Waals surface area contributed by atoms with Crippen LogP contribution in [-0.4, -0.2) is 17.0 Å². The standard InChI is InChI=1S/C18H12ClNO3S/c19-13-8-6-11(7-9-13)14-10-24-17(15(14)18(22)23)20-16(21)12-4-2-1-3-5-12/h1-10H,(H,20,21)(H,22,23). The molecule has 24 heavy (non-hydrogen) atoms. The topological polar surface area (TPSA) is 66.4 Å². The van der Waals surface area contributed by atoms with E-state index in [4.69, 9.17) is 11.6 Å². The van der Waals surface area contributed by atoms with E-state index in [-0.39, 0.29) is 11.5 Å². The second-order valence-electron chi connectivity index (χ2n) is 4.99. The van der Waals surface area contributed by atoms with Gasteiger partial charge in [0.25, 0.3) is 5.91 Å². The quantitative estimate of drug-likeness (QED) is 0.689. The molecule has 1 amide bonds. The molecule has 0 bridgehead atoms. The molecule has 0 saturated carbocycles. The van der Waals surface area contributed by atoms with Crippen molar-refractivity contribution in [3.8, 4) is 11.1 Å². The van der Waals surface area contributed by atoms with Gasteiger partial charge in [-0.15, -0.1) is 11.3 Å². The lowest BCUT2D eigenvalue weighted by atomic mass is 10.0. The number of thiophene rings is 1. The largest absolute Gasteiger partial charge is 0.478 e. The molecule has 6 heteroatoms. The first-order valence-electron chi connectivity index (χ1n) is 7.03. The number of carboxylic acid groups (broad SMARTS) is 1. The van der Waals surface area contributed by atoms with Crippen molar-refractivity contribution in [3.63, 3.8) is 0 Å². The summed E-state index contributed by atoms with van der Waals surface area (Å²) in [6.45, 7) is 0. The molecule has 0 aliphatic carbocycles. The van der Waals surface area contributed by atoms with Crippen molar-refractivity contribution in [3.05, 3.63) is 76.1 Å². The van der Waals surface area contributed by atoms with E-state index < -0.39 is 5.97 Å². The van der Waals surface area contributed by atoms with Crippen LogP contribution < -0.4 is 5.32 Å². The maximum absolute atomic E-state index is 12.3. The molecule has 0 radical (unpaired) electrons. The van der Waals surface area contributed by atoms with Crippen LogP contribution in [0.15, 0.2) is 60.0 Å². The number of rotatable bonds is 4. The fraction of sp³-hybridized carbons (Fsp3) is 0. The third-order valence-corrected chi connectivity index (χ3v) is 4.57. The number of carbonyl (C=O) groups excluding carboxylic acids is 1. The summed E-state index contributed by atoms with van der Waals surface area (Å²) < 4.78 is 0. The molecule has 3 aromatic rings. The number of aromatic carboxylic acids is 1. The highest BCUT2D eigenvalue weighted by atomic mass is 35.5. The van der Waals surface area contributed by atoms with Crippen LogP contribution in [0.2, 0.25) is 5.02 Å². The van der Waals surface area contributed by atoms with E-state index >= 15 is 0 Å². The lowest BCUT2D eigenvalue weighted by molar-refractivity contribution is 0.0699. The van der Waals surface area contributed by atoms with Gasteiger partial charge in [0.05, 0.1) is 0 Å². The smallest absolute Gasteiger partial charge is 0.339 e. The summed E-state index contributed by atoms with van der Waals surface area (Å²) >= 11 is 7.05. The van der Waals surface area contributed by atoms with Gasteiger partial charge in [-0.05, 0) is 29.8 Å². The molecular formula is C18H12ClNO3S. The summed E-state index contributed by atoms with van der Waals surface area (Å²) in [6.07, 6.45) is 0. The fourth-order valence-electron chi connectivity index (χ4n) is 2.27. The van der Waals surface area contributed by atoms with Gasteiger partial charge in [0.2, 0.25) is 0 Å². The zero-order valence-corrected chi connectivity index (χ0v) is 13.9. The molecule has 4 nitrogen and oxygen atoms in total. The molecule has 3 rings (SSSR count). The Bertz CT molecular complexity index is 888. The van der Waals surface area contributed by atoms with Crippen LogP contribution in [0.3, 0.4) is 0 Å². The van der Waals surface area contributed by atoms with Crippen LogP contribution in [-0.2, 0) is 0 Å². The Labute approximate surface area is 147 Å². The van der Waals surface area contributed by atoms with Crippen molar-refractivity contribution in [2.75, 3.05) is 5.32 Å². The molecule has 0 spiro atoms. The Balaban J connectivity index is 1.96. The van der Waals surface area contributed by atoms with Crippen molar-refractivity contribution in [1.29, 1.82) is 0 Å². The Morgan fingerprint density at radius 2 is 1.67 bits per heavy atom. The maximum Gasteiger partial charge on any atom is 0.339 e. The third kappa shape index (κ3) is 3.32. The molecule has 2 N–H and O–H groups in total. The molecule has 0 atom stereocenters. The highest BCUT2D eigenvalue weighted by Gasteiger charge is 2.21. The Morgan fingerprint density at radius 3 is 2.29 bits per heavy atom. The molecule has 120 valence electrons. The van der Waals surface area contributed by atoms with Gasteiger partial charge in [-0.1, -0.05) is 41.9 Å². The molecule has 0 aliphatic rings. The highest BCUT2D eigenvalue weighted by molar-refractivity contribution is 7.15. The van der Waals surface area contributed by atoms with Crippen LogP contribution in [0.25, 0.3) is 11.1 Å². The molecule has 1 heterocycles. The zero-order valence-electron chi connectivity index (χ0n) is 12.3. The van der Waals surface area contributed by atoms with Gasteiger partial charge in [0.15, 0.2) is 0 Å². The number of hydrogen-bond donors (Lipinski definition) is 2. The Hall–Kier alpha value is -2.63. The molecule has 0 aliphatic heterocycles. The van der Waals surface area contributed by atoms with Crippen molar-refractivity contribution >= 4 is 39.8 Å². The number of hydrogen-bond acceptors (Lipinski definition) is 3. The summed E-state index contributed by atoms with van der Waals surface area (Å²) in [4.78, 5) is 24.0. The number of amides is 1. The predicted octanol–water partition coefficient (Wildman–Crippen LogP) is 5.02. The second kappa shape index (κ2) is 6.86. The minimum absolute atomic E-state index is 0.0756. The van der Waals surface area contributed by atoms with E-state index in [2.05, 4.69) is 5.32 Å². The van der Waals surface area contributed by atoms with Crippen LogP contribution in [0.1, 0.15) is 20.7 Å². The van der Waals surface area contributed by atoms with Crippen molar-refractivity contribution in [2.24, 2.45) is 0 Å². The average Bonchev–Trinajstić information content (AvgIpc) is 3.00. The monoisotopic (exact) mass is 357 g/mol. The minimum atomic E-state index is -1.09. The lowest BCUT2D eigenvalue weighted by Gasteiger charge is -2.06. The summed E-state index contributed by atoms with van der Waals surface area (Å²) in [7, 11) is 0. The minimum Gasteiger partial charge on any atom is -0.478 e. The van der Waals surface area contributed by atoms with E-state index in [9.17, 15) is 14.7 Å². The van der Waals surface area contributed by atoms with E-state index in [1.807, 2.05) is 6.07 Å². The van der Waals surface area contributed by atoms with Gasteiger partial charge < -0.3 is 10.4 Å². The fourth-order valence-corrected chi connectivity index (χ4v) is 3.35. The highest BCUT2D eigenvalue weighted by Crippen LogP contribution is 2.36. The first kappa shape index (κ1) is 16.2. The summed E-state index contributed by atoms with van der Waals surface area (Å²) in [5.41, 5.74) is 1.82. The number of halogens is 1. The van der Waals surface area contributed by atoms with E-state index in [1.54, 1.807) is 53.9 Å². The Kier molecular flexibility index (Phi) is 4.64. The van der Waals surface area contributed by atoms with Crippen LogP contribution in [0.4, 0.5) is 5.00 Å². The summed E-state index contributed by atoms with van der Waals surface area (Å²) in [5, 5.41) is 14.8. The van der Waals surface area contributed by atoms with Crippen LogP contribution in [0.5, 0.6) is 0 Å². The van der Waals surface area contributed by atoms with Gasteiger partial charge in [0, 0.05) is 21.5 Å². The first-order chi connectivity index (χ1) is 11.6. The molecule has 0 unspecified atom stereocenters. The SMILES string of the molecule is O=C(Nc1scc(-c2ccc(Cl)cc2)c1C(=O)O)c1ccccc1. The number of nitrogens with one attached hydrogen (secondary N) is 1. The number of carbonyl (C=O) groups is 2. The Morgan fingerprint density at radius 1 is 1.00 bits per heavy atom. The number of carboxylic acids is 1. The zero-order chi connectivity index (χ0) is 17.1. The van der Waals surface area contributed by atoms with Gasteiger partial charge in [-0.25, -0.2) is 4.79 Å². The summed E-state index contributed by atoms with van der Waals surface area (Å²) in [5.74, 6) is -1.44. The lowest BCUT2D eigenvalue weighted by Crippen LogP contribution is -2.13. The molecule has 2 aromatic carbocycles. The molecule has 1 aromatic heterocycles. The van der Waals surface area contributed by atoms with Crippen LogP contribution >= 0.6 is 22.9 Å². The van der Waals surface area contributed by atoms with Gasteiger partial charge >= 0.3 is 5.97 Å². The van der Waals surface area contributed by atoms with E-state index in [0.717, 1.165) is 5.56 Å². The molecule has 0 saturated heterocycles. The van der Waals surface area contributed by atoms with Crippen molar-refractivity contribution in [2.45, 2.75) is 0 Å². The third-order valence-electron chi connectivity index (χ3n) is 3.42. The van der Waals surface area contributed by atoms with Gasteiger partial charge in [0.1, 0.15) is 10.6 Å². The maximum atomic E-state index is 12.3. The van der Waals surface area contributed by atoms with Gasteiger partial charge in [-0.2, -0.15) is 0 Å². The number of benzene rings is 2. The second-order valence-corrected chi connectivity index (χ2v) is 6.30.